The molecule has 6 heteroatoms. The summed E-state index contributed by atoms with van der Waals surface area (Å²) in [5.41, 5.74) is 0. The summed E-state index contributed by atoms with van der Waals surface area (Å²) in [6, 6.07) is 0. The fourth-order valence-electron chi connectivity index (χ4n) is 1.04. The molecule has 72 valence electrons. The minimum atomic E-state index is -2.29. The quantitative estimate of drug-likeness (QED) is 0.475. The van der Waals surface area contributed by atoms with Crippen LogP contribution in [0.2, 0.25) is 0 Å². The Morgan fingerprint density at radius 2 is 1.75 bits per heavy atom. The summed E-state index contributed by atoms with van der Waals surface area (Å²) in [7, 11) is 0. The number of hydrogen-bond donors (Lipinski definition) is 3. The van der Waals surface area contributed by atoms with Gasteiger partial charge in [0.15, 0.2) is 6.17 Å². The molecule has 0 aromatic rings. The highest BCUT2D eigenvalue weighted by atomic mass is 19.2. The first kappa shape index (κ1) is 9.79. The average molecular weight is 184 g/mol. The number of aliphatic hydroxyl groups is 3. The van der Waals surface area contributed by atoms with Gasteiger partial charge in [0, 0.05) is 0 Å². The van der Waals surface area contributed by atoms with Crippen LogP contribution in [-0.2, 0) is 4.74 Å². The van der Waals surface area contributed by atoms with Crippen molar-refractivity contribution in [2.75, 3.05) is 6.61 Å². The van der Waals surface area contributed by atoms with Crippen LogP contribution >= 0.6 is 0 Å². The topological polar surface area (TPSA) is 69.9 Å². The van der Waals surface area contributed by atoms with E-state index in [1.165, 1.54) is 0 Å². The van der Waals surface area contributed by atoms with E-state index in [1.807, 2.05) is 0 Å². The van der Waals surface area contributed by atoms with Gasteiger partial charge in [-0.15, -0.1) is 0 Å². The second kappa shape index (κ2) is 3.61. The predicted octanol–water partition coefficient (Wildman–Crippen LogP) is -1.27. The van der Waals surface area contributed by atoms with E-state index in [4.69, 9.17) is 15.3 Å². The zero-order valence-electron chi connectivity index (χ0n) is 6.10. The van der Waals surface area contributed by atoms with Crippen molar-refractivity contribution >= 4 is 0 Å². The van der Waals surface area contributed by atoms with Crippen LogP contribution in [-0.4, -0.2) is 52.8 Å². The van der Waals surface area contributed by atoms with Gasteiger partial charge in [0.05, 0.1) is 6.61 Å². The molecule has 5 atom stereocenters. The van der Waals surface area contributed by atoms with Crippen molar-refractivity contribution in [1.82, 2.24) is 0 Å². The van der Waals surface area contributed by atoms with E-state index in [1.54, 1.807) is 0 Å². The highest BCUT2D eigenvalue weighted by Gasteiger charge is 2.44. The highest BCUT2D eigenvalue weighted by Crippen LogP contribution is 2.23. The van der Waals surface area contributed by atoms with Crippen LogP contribution in [0.3, 0.4) is 0 Å². The van der Waals surface area contributed by atoms with Gasteiger partial charge in [-0.1, -0.05) is 0 Å². The van der Waals surface area contributed by atoms with Gasteiger partial charge in [0.25, 0.3) is 0 Å². The summed E-state index contributed by atoms with van der Waals surface area (Å²) >= 11 is 0. The third kappa shape index (κ3) is 1.56. The maximum atomic E-state index is 12.5. The molecule has 0 aromatic carbocycles. The van der Waals surface area contributed by atoms with Gasteiger partial charge >= 0.3 is 0 Å². The standard InChI is InChI=1S/C6H10F2O4/c7-3-5(11)4(10)2(1-9)12-6(3)8/h2-6,9-11H,1H2/t2-,3+,4-,5-,6?/m1/s1. The minimum absolute atomic E-state index is 0.661. The molecule has 1 saturated heterocycles. The van der Waals surface area contributed by atoms with Gasteiger partial charge in [-0.25, -0.2) is 8.78 Å². The first-order valence-electron chi connectivity index (χ1n) is 3.48. The molecule has 0 aromatic heterocycles. The zero-order valence-corrected chi connectivity index (χ0v) is 6.10. The van der Waals surface area contributed by atoms with Gasteiger partial charge in [-0.2, -0.15) is 0 Å². The summed E-state index contributed by atoms with van der Waals surface area (Å²) in [5.74, 6) is 0. The summed E-state index contributed by atoms with van der Waals surface area (Å²) in [6.45, 7) is -0.661. The molecule has 0 spiro atoms. The first-order valence-corrected chi connectivity index (χ1v) is 3.48. The lowest BCUT2D eigenvalue weighted by molar-refractivity contribution is -0.246. The molecule has 3 N–H and O–H groups in total. The van der Waals surface area contributed by atoms with Gasteiger partial charge in [-0.05, 0) is 0 Å². The van der Waals surface area contributed by atoms with Crippen LogP contribution in [0.25, 0.3) is 0 Å². The SMILES string of the molecule is OC[C@H]1OC(F)[C@@H](F)[C@@H](O)[C@@H]1O. The van der Waals surface area contributed by atoms with E-state index in [0.717, 1.165) is 0 Å². The maximum absolute atomic E-state index is 12.5. The molecule has 1 unspecified atom stereocenters. The molecule has 0 bridgehead atoms. The van der Waals surface area contributed by atoms with Crippen molar-refractivity contribution in [3.05, 3.63) is 0 Å². The Morgan fingerprint density at radius 1 is 1.17 bits per heavy atom. The van der Waals surface area contributed by atoms with Crippen molar-refractivity contribution in [3.8, 4) is 0 Å². The Bertz CT molecular complexity index is 152. The van der Waals surface area contributed by atoms with E-state index < -0.39 is 37.4 Å². The molecular weight excluding hydrogens is 174 g/mol. The number of ether oxygens (including phenoxy) is 1. The highest BCUT2D eigenvalue weighted by molar-refractivity contribution is 4.88. The fourth-order valence-corrected chi connectivity index (χ4v) is 1.04. The lowest BCUT2D eigenvalue weighted by atomic mass is 10.0. The lowest BCUT2D eigenvalue weighted by Gasteiger charge is -2.35. The van der Waals surface area contributed by atoms with Gasteiger partial charge < -0.3 is 20.1 Å². The van der Waals surface area contributed by atoms with Crippen LogP contribution in [0.4, 0.5) is 8.78 Å². The van der Waals surface area contributed by atoms with Crippen LogP contribution in [0.5, 0.6) is 0 Å². The Balaban J connectivity index is 2.63. The second-order valence-corrected chi connectivity index (χ2v) is 2.63. The molecule has 12 heavy (non-hydrogen) atoms. The predicted molar refractivity (Wildman–Crippen MR) is 33.8 cm³/mol. The zero-order chi connectivity index (χ0) is 9.30. The van der Waals surface area contributed by atoms with Crippen molar-refractivity contribution in [3.63, 3.8) is 0 Å². The van der Waals surface area contributed by atoms with Crippen LogP contribution in [0.1, 0.15) is 0 Å². The van der Waals surface area contributed by atoms with E-state index in [0.29, 0.717) is 0 Å². The number of alkyl halides is 2. The Morgan fingerprint density at radius 3 is 2.25 bits per heavy atom. The van der Waals surface area contributed by atoms with Crippen molar-refractivity contribution in [2.45, 2.75) is 30.8 Å². The molecule has 1 fully saturated rings. The number of hydrogen-bond acceptors (Lipinski definition) is 4. The van der Waals surface area contributed by atoms with Gasteiger partial charge in [0.2, 0.25) is 6.36 Å². The monoisotopic (exact) mass is 184 g/mol. The summed E-state index contributed by atoms with van der Waals surface area (Å²) < 4.78 is 29.2. The number of rotatable bonds is 1. The molecule has 1 aliphatic heterocycles. The summed E-state index contributed by atoms with van der Waals surface area (Å²) in [5, 5.41) is 26.3. The molecule has 0 radical (unpaired) electrons. The largest absolute Gasteiger partial charge is 0.394 e. The average Bonchev–Trinajstić information content (AvgIpc) is 2.08. The Hall–Kier alpha value is -0.300. The first-order chi connectivity index (χ1) is 5.57. The number of aliphatic hydroxyl groups excluding tert-OH is 3. The number of halogens is 2. The van der Waals surface area contributed by atoms with Crippen molar-refractivity contribution < 1.29 is 28.8 Å². The molecule has 0 amide bonds. The maximum Gasteiger partial charge on any atom is 0.233 e. The second-order valence-electron chi connectivity index (χ2n) is 2.63. The smallest absolute Gasteiger partial charge is 0.233 e. The van der Waals surface area contributed by atoms with E-state index in [2.05, 4.69) is 4.74 Å². The Kier molecular flexibility index (Phi) is 2.94. The molecule has 0 aliphatic carbocycles. The molecule has 1 rings (SSSR count). The third-order valence-corrected chi connectivity index (χ3v) is 1.79. The van der Waals surface area contributed by atoms with E-state index >= 15 is 0 Å². The van der Waals surface area contributed by atoms with Crippen LogP contribution < -0.4 is 0 Å². The van der Waals surface area contributed by atoms with Crippen molar-refractivity contribution in [1.29, 1.82) is 0 Å². The van der Waals surface area contributed by atoms with Gasteiger partial charge in [0.1, 0.15) is 18.3 Å². The molecule has 4 nitrogen and oxygen atoms in total. The van der Waals surface area contributed by atoms with E-state index in [9.17, 15) is 8.78 Å². The molecule has 0 saturated carbocycles. The lowest BCUT2D eigenvalue weighted by Crippen LogP contribution is -2.55. The fraction of sp³-hybridized carbons (Fsp3) is 1.00. The third-order valence-electron chi connectivity index (χ3n) is 1.79. The molecule has 1 aliphatic rings. The van der Waals surface area contributed by atoms with Crippen molar-refractivity contribution in [2.24, 2.45) is 0 Å². The normalized spacial score (nSPS) is 49.2. The minimum Gasteiger partial charge on any atom is -0.394 e. The summed E-state index contributed by atoms with van der Waals surface area (Å²) in [4.78, 5) is 0. The Labute approximate surface area is 67.4 Å². The van der Waals surface area contributed by atoms with Crippen LogP contribution in [0, 0.1) is 0 Å². The van der Waals surface area contributed by atoms with E-state index in [-0.39, 0.29) is 0 Å². The molecular formula is C6H10F2O4. The summed E-state index contributed by atoms with van der Waals surface area (Å²) in [6.07, 6.45) is -9.24. The molecule has 1 heterocycles. The van der Waals surface area contributed by atoms with Crippen LogP contribution in [0.15, 0.2) is 0 Å². The van der Waals surface area contributed by atoms with Gasteiger partial charge in [-0.3, -0.25) is 0 Å².